The summed E-state index contributed by atoms with van der Waals surface area (Å²) in [5.41, 5.74) is -0.557. The quantitative estimate of drug-likeness (QED) is 0.903. The molecule has 0 fully saturated rings. The van der Waals surface area contributed by atoms with Crippen LogP contribution < -0.4 is 4.72 Å². The van der Waals surface area contributed by atoms with Crippen molar-refractivity contribution in [2.45, 2.75) is 17.7 Å². The number of ether oxygens (including phenoxy) is 1. The van der Waals surface area contributed by atoms with E-state index in [1.165, 1.54) is 13.2 Å². The monoisotopic (exact) mass is 346 g/mol. The molecule has 0 atom stereocenters. The van der Waals surface area contributed by atoms with Crippen molar-refractivity contribution in [1.29, 1.82) is 0 Å². The average Bonchev–Trinajstić information content (AvgIpc) is 2.47. The van der Waals surface area contributed by atoms with Gasteiger partial charge in [0.15, 0.2) is 0 Å². The molecule has 23 heavy (non-hydrogen) atoms. The number of anilines is 1. The van der Waals surface area contributed by atoms with Gasteiger partial charge in [-0.25, -0.2) is 13.4 Å². The Hall–Kier alpha value is -2.13. The summed E-state index contributed by atoms with van der Waals surface area (Å²) >= 11 is 0. The number of benzene rings is 1. The zero-order chi connectivity index (χ0) is 17.1. The van der Waals surface area contributed by atoms with Gasteiger partial charge in [0.1, 0.15) is 5.82 Å². The number of methoxy groups -OCH3 is 1. The van der Waals surface area contributed by atoms with Gasteiger partial charge in [-0.05, 0) is 30.3 Å². The van der Waals surface area contributed by atoms with Crippen molar-refractivity contribution in [2.24, 2.45) is 0 Å². The molecule has 1 heterocycles. The van der Waals surface area contributed by atoms with Crippen molar-refractivity contribution in [3.05, 3.63) is 53.7 Å². The number of halogens is 3. The first-order valence-corrected chi connectivity index (χ1v) is 7.85. The molecule has 124 valence electrons. The highest BCUT2D eigenvalue weighted by molar-refractivity contribution is 7.92. The van der Waals surface area contributed by atoms with Crippen molar-refractivity contribution < 1.29 is 26.3 Å². The number of sulfonamides is 1. The van der Waals surface area contributed by atoms with E-state index in [0.717, 1.165) is 18.2 Å². The second kappa shape index (κ2) is 6.55. The standard InChI is InChI=1S/C14H13F3N2O3S/c1-22-9-11-5-3-7-13(18-11)19-23(20,21)12-6-2-4-10(8-12)14(15,16)17/h2-8H,9H2,1H3,(H,18,19). The lowest BCUT2D eigenvalue weighted by Gasteiger charge is -2.11. The van der Waals surface area contributed by atoms with Gasteiger partial charge in [0.2, 0.25) is 0 Å². The maximum absolute atomic E-state index is 12.7. The molecule has 9 heteroatoms. The van der Waals surface area contributed by atoms with Crippen LogP contribution in [0.15, 0.2) is 47.4 Å². The van der Waals surface area contributed by atoms with Gasteiger partial charge in [-0.15, -0.1) is 0 Å². The molecule has 1 aromatic carbocycles. The Morgan fingerprint density at radius 3 is 2.52 bits per heavy atom. The van der Waals surface area contributed by atoms with Gasteiger partial charge in [0, 0.05) is 7.11 Å². The summed E-state index contributed by atoms with van der Waals surface area (Å²) < 4.78 is 69.5. The van der Waals surface area contributed by atoms with Gasteiger partial charge in [-0.2, -0.15) is 13.2 Å². The van der Waals surface area contributed by atoms with Crippen LogP contribution in [0.1, 0.15) is 11.3 Å². The van der Waals surface area contributed by atoms with Crippen LogP contribution in [0.5, 0.6) is 0 Å². The lowest BCUT2D eigenvalue weighted by molar-refractivity contribution is -0.137. The smallest absolute Gasteiger partial charge is 0.378 e. The molecule has 0 radical (unpaired) electrons. The van der Waals surface area contributed by atoms with Crippen molar-refractivity contribution in [3.8, 4) is 0 Å². The minimum absolute atomic E-state index is 0.00281. The van der Waals surface area contributed by atoms with E-state index in [0.29, 0.717) is 11.8 Å². The predicted octanol–water partition coefficient (Wildman–Crippen LogP) is 3.05. The molecule has 0 saturated heterocycles. The molecular formula is C14H13F3N2O3S. The molecule has 0 spiro atoms. The van der Waals surface area contributed by atoms with Crippen molar-refractivity contribution in [2.75, 3.05) is 11.8 Å². The van der Waals surface area contributed by atoms with Crippen LogP contribution >= 0.6 is 0 Å². The van der Waals surface area contributed by atoms with Gasteiger partial charge in [-0.3, -0.25) is 4.72 Å². The van der Waals surface area contributed by atoms with E-state index < -0.39 is 26.7 Å². The normalized spacial score (nSPS) is 12.2. The van der Waals surface area contributed by atoms with Crippen LogP contribution in [0.4, 0.5) is 19.0 Å². The van der Waals surface area contributed by atoms with Crippen LogP contribution in [0, 0.1) is 0 Å². The fraction of sp³-hybridized carbons (Fsp3) is 0.214. The highest BCUT2D eigenvalue weighted by atomic mass is 32.2. The van der Waals surface area contributed by atoms with Crippen molar-refractivity contribution in [3.63, 3.8) is 0 Å². The number of rotatable bonds is 5. The summed E-state index contributed by atoms with van der Waals surface area (Å²) in [5, 5.41) is 0. The highest BCUT2D eigenvalue weighted by Crippen LogP contribution is 2.30. The summed E-state index contributed by atoms with van der Waals surface area (Å²) in [7, 11) is -2.72. The van der Waals surface area contributed by atoms with Crippen LogP contribution in [0.2, 0.25) is 0 Å². The van der Waals surface area contributed by atoms with Crippen molar-refractivity contribution >= 4 is 15.8 Å². The van der Waals surface area contributed by atoms with Gasteiger partial charge in [0.05, 0.1) is 22.8 Å². The number of aromatic nitrogens is 1. The van der Waals surface area contributed by atoms with E-state index in [1.54, 1.807) is 12.1 Å². The number of pyridine rings is 1. The van der Waals surface area contributed by atoms with Crippen molar-refractivity contribution in [1.82, 2.24) is 4.98 Å². The lowest BCUT2D eigenvalue weighted by atomic mass is 10.2. The molecule has 2 aromatic rings. The average molecular weight is 346 g/mol. The van der Waals surface area contributed by atoms with E-state index in [2.05, 4.69) is 9.71 Å². The number of nitrogens with zero attached hydrogens (tertiary/aromatic N) is 1. The Morgan fingerprint density at radius 1 is 1.17 bits per heavy atom. The van der Waals surface area contributed by atoms with E-state index in [-0.39, 0.29) is 12.4 Å². The fourth-order valence-corrected chi connectivity index (χ4v) is 2.85. The van der Waals surface area contributed by atoms with E-state index in [1.807, 2.05) is 0 Å². The summed E-state index contributed by atoms with van der Waals surface area (Å²) in [6, 6.07) is 8.07. The zero-order valence-corrected chi connectivity index (χ0v) is 12.8. The molecule has 0 amide bonds. The van der Waals surface area contributed by atoms with Crippen LogP contribution in [0.3, 0.4) is 0 Å². The molecule has 5 nitrogen and oxygen atoms in total. The number of alkyl halides is 3. The largest absolute Gasteiger partial charge is 0.416 e. The molecule has 0 aliphatic rings. The number of hydrogen-bond acceptors (Lipinski definition) is 4. The summed E-state index contributed by atoms with van der Waals surface area (Å²) in [6.07, 6.45) is -4.62. The summed E-state index contributed by atoms with van der Waals surface area (Å²) in [4.78, 5) is 3.51. The Kier molecular flexibility index (Phi) is 4.90. The molecule has 2 rings (SSSR count). The number of nitrogens with one attached hydrogen (secondary N) is 1. The Morgan fingerprint density at radius 2 is 1.87 bits per heavy atom. The molecule has 0 saturated carbocycles. The SMILES string of the molecule is COCc1cccc(NS(=O)(=O)c2cccc(C(F)(F)F)c2)n1. The maximum Gasteiger partial charge on any atom is 0.416 e. The third kappa shape index (κ3) is 4.42. The first kappa shape index (κ1) is 17.2. The van der Waals surface area contributed by atoms with Crippen LogP contribution in [-0.2, 0) is 27.5 Å². The molecule has 1 aromatic heterocycles. The molecule has 0 bridgehead atoms. The van der Waals surface area contributed by atoms with E-state index in [9.17, 15) is 21.6 Å². The lowest BCUT2D eigenvalue weighted by Crippen LogP contribution is -2.15. The second-order valence-electron chi connectivity index (χ2n) is 4.58. The highest BCUT2D eigenvalue weighted by Gasteiger charge is 2.31. The Balaban J connectivity index is 2.31. The second-order valence-corrected chi connectivity index (χ2v) is 6.26. The minimum atomic E-state index is -4.62. The first-order chi connectivity index (χ1) is 10.7. The van der Waals surface area contributed by atoms with Gasteiger partial charge < -0.3 is 4.74 Å². The minimum Gasteiger partial charge on any atom is -0.378 e. The van der Waals surface area contributed by atoms with E-state index in [4.69, 9.17) is 4.74 Å². The predicted molar refractivity (Wildman–Crippen MR) is 77.2 cm³/mol. The molecular weight excluding hydrogens is 333 g/mol. The van der Waals surface area contributed by atoms with Gasteiger partial charge in [-0.1, -0.05) is 12.1 Å². The van der Waals surface area contributed by atoms with Gasteiger partial charge >= 0.3 is 6.18 Å². The first-order valence-electron chi connectivity index (χ1n) is 6.37. The third-order valence-electron chi connectivity index (χ3n) is 2.81. The molecule has 0 aliphatic heterocycles. The fourth-order valence-electron chi connectivity index (χ4n) is 1.80. The topological polar surface area (TPSA) is 68.3 Å². The molecule has 1 N–H and O–H groups in total. The van der Waals surface area contributed by atoms with Crippen LogP contribution in [-0.4, -0.2) is 20.5 Å². The van der Waals surface area contributed by atoms with E-state index >= 15 is 0 Å². The Labute approximate surface area is 131 Å². The maximum atomic E-state index is 12.7. The van der Waals surface area contributed by atoms with Crippen LogP contribution in [0.25, 0.3) is 0 Å². The third-order valence-corrected chi connectivity index (χ3v) is 4.16. The number of hydrogen-bond donors (Lipinski definition) is 1. The summed E-state index contributed by atoms with van der Waals surface area (Å²) in [5.74, 6) is -0.00281. The zero-order valence-electron chi connectivity index (χ0n) is 12.0. The van der Waals surface area contributed by atoms with Gasteiger partial charge in [0.25, 0.3) is 10.0 Å². The summed E-state index contributed by atoms with van der Waals surface area (Å²) in [6.45, 7) is 0.180. The molecule has 0 aliphatic carbocycles. The molecule has 0 unspecified atom stereocenters. The Bertz CT molecular complexity index is 792.